The number of hydrogen-bond acceptors (Lipinski definition) is 2. The number of rotatable bonds is 1. The highest BCUT2D eigenvalue weighted by atomic mass is 19.4. The summed E-state index contributed by atoms with van der Waals surface area (Å²) in [6.45, 7) is 0.331. The van der Waals surface area contributed by atoms with E-state index in [9.17, 15) is 23.1 Å². The quantitative estimate of drug-likeness (QED) is 0.718. The van der Waals surface area contributed by atoms with Crippen molar-refractivity contribution < 1.29 is 23.1 Å². The molecular weight excluding hydrogens is 211 g/mol. The van der Waals surface area contributed by atoms with Crippen LogP contribution in [0.25, 0.3) is 0 Å². The van der Waals surface area contributed by atoms with Gasteiger partial charge in [0.05, 0.1) is 6.10 Å². The van der Waals surface area contributed by atoms with Crippen LogP contribution >= 0.6 is 0 Å². The molecule has 1 amide bonds. The standard InChI is InChI=1S/C9H12F3NO2/c10-9(11,12)3-7(15)13-4-6(14)8(5-13)1-2-8/h6,14H,1-5H2. The molecule has 0 radical (unpaired) electrons. The molecule has 1 aliphatic carbocycles. The Hall–Kier alpha value is -0.780. The van der Waals surface area contributed by atoms with Crippen molar-refractivity contribution in [1.82, 2.24) is 4.90 Å². The monoisotopic (exact) mass is 223 g/mol. The van der Waals surface area contributed by atoms with Crippen molar-refractivity contribution >= 4 is 5.91 Å². The largest absolute Gasteiger partial charge is 0.397 e. The van der Waals surface area contributed by atoms with Crippen molar-refractivity contribution in [3.8, 4) is 0 Å². The molecule has 0 aromatic carbocycles. The van der Waals surface area contributed by atoms with Crippen LogP contribution in [-0.2, 0) is 4.79 Å². The number of carbonyl (C=O) groups excluding carboxylic acids is 1. The topological polar surface area (TPSA) is 40.5 Å². The van der Waals surface area contributed by atoms with Crippen LogP contribution in [0.2, 0.25) is 0 Å². The first-order valence-electron chi connectivity index (χ1n) is 4.85. The lowest BCUT2D eigenvalue weighted by molar-refractivity contribution is -0.160. The van der Waals surface area contributed by atoms with Crippen LogP contribution < -0.4 is 0 Å². The van der Waals surface area contributed by atoms with E-state index in [2.05, 4.69) is 0 Å². The molecule has 0 bridgehead atoms. The Morgan fingerprint density at radius 3 is 2.47 bits per heavy atom. The predicted molar refractivity (Wildman–Crippen MR) is 44.9 cm³/mol. The fourth-order valence-electron chi connectivity index (χ4n) is 2.08. The summed E-state index contributed by atoms with van der Waals surface area (Å²) in [5.74, 6) is -0.926. The first-order valence-corrected chi connectivity index (χ1v) is 4.85. The summed E-state index contributed by atoms with van der Waals surface area (Å²) < 4.78 is 35.9. The summed E-state index contributed by atoms with van der Waals surface area (Å²) >= 11 is 0. The highest BCUT2D eigenvalue weighted by Gasteiger charge is 2.55. The third-order valence-electron chi connectivity index (χ3n) is 3.20. The number of carbonyl (C=O) groups is 1. The van der Waals surface area contributed by atoms with Gasteiger partial charge in [-0.25, -0.2) is 0 Å². The zero-order chi connectivity index (χ0) is 11.3. The molecule has 1 unspecified atom stereocenters. The van der Waals surface area contributed by atoms with E-state index in [0.717, 1.165) is 17.7 Å². The van der Waals surface area contributed by atoms with E-state index in [1.165, 1.54) is 0 Å². The Morgan fingerprint density at radius 1 is 1.47 bits per heavy atom. The normalized spacial score (nSPS) is 28.5. The molecule has 1 heterocycles. The first-order chi connectivity index (χ1) is 6.82. The summed E-state index contributed by atoms with van der Waals surface area (Å²) in [7, 11) is 0. The molecule has 6 heteroatoms. The van der Waals surface area contributed by atoms with Crippen molar-refractivity contribution in [3.63, 3.8) is 0 Å². The Bertz CT molecular complexity index is 286. The Labute approximate surface area is 84.9 Å². The second kappa shape index (κ2) is 3.10. The number of aliphatic hydroxyl groups excluding tert-OH is 1. The Morgan fingerprint density at radius 2 is 2.07 bits per heavy atom. The number of aliphatic hydroxyl groups is 1. The molecule has 2 rings (SSSR count). The number of amides is 1. The van der Waals surface area contributed by atoms with Gasteiger partial charge in [-0.1, -0.05) is 0 Å². The van der Waals surface area contributed by atoms with Gasteiger partial charge in [0.1, 0.15) is 6.42 Å². The lowest BCUT2D eigenvalue weighted by Crippen LogP contribution is -2.33. The van der Waals surface area contributed by atoms with Crippen molar-refractivity contribution in [2.75, 3.05) is 13.1 Å². The highest BCUT2D eigenvalue weighted by Crippen LogP contribution is 2.52. The van der Waals surface area contributed by atoms with Gasteiger partial charge in [-0.05, 0) is 12.8 Å². The maximum absolute atomic E-state index is 12.0. The van der Waals surface area contributed by atoms with Crippen LogP contribution in [-0.4, -0.2) is 41.3 Å². The number of likely N-dealkylation sites (tertiary alicyclic amines) is 1. The fraction of sp³-hybridized carbons (Fsp3) is 0.889. The van der Waals surface area contributed by atoms with E-state index in [0.29, 0.717) is 0 Å². The van der Waals surface area contributed by atoms with Gasteiger partial charge in [0.25, 0.3) is 0 Å². The molecule has 3 nitrogen and oxygen atoms in total. The van der Waals surface area contributed by atoms with Gasteiger partial charge in [-0.3, -0.25) is 4.79 Å². The fourth-order valence-corrected chi connectivity index (χ4v) is 2.08. The van der Waals surface area contributed by atoms with Gasteiger partial charge in [-0.2, -0.15) is 13.2 Å². The van der Waals surface area contributed by atoms with Crippen LogP contribution in [0.15, 0.2) is 0 Å². The summed E-state index contributed by atoms with van der Waals surface area (Å²) in [5.41, 5.74) is -0.277. The average molecular weight is 223 g/mol. The molecule has 1 spiro atoms. The maximum Gasteiger partial charge on any atom is 0.397 e. The zero-order valence-electron chi connectivity index (χ0n) is 8.05. The Balaban J connectivity index is 1.93. The average Bonchev–Trinajstić information content (AvgIpc) is 2.73. The van der Waals surface area contributed by atoms with Gasteiger partial charge in [0, 0.05) is 18.5 Å². The van der Waals surface area contributed by atoms with Crippen LogP contribution in [0.4, 0.5) is 13.2 Å². The van der Waals surface area contributed by atoms with Crippen LogP contribution in [0.5, 0.6) is 0 Å². The molecule has 0 aromatic heterocycles. The lowest BCUT2D eigenvalue weighted by Gasteiger charge is -2.16. The van der Waals surface area contributed by atoms with Gasteiger partial charge in [-0.15, -0.1) is 0 Å². The lowest BCUT2D eigenvalue weighted by atomic mass is 10.0. The predicted octanol–water partition coefficient (Wildman–Crippen LogP) is 0.922. The molecule has 1 atom stereocenters. The van der Waals surface area contributed by atoms with Crippen molar-refractivity contribution in [1.29, 1.82) is 0 Å². The third kappa shape index (κ3) is 2.09. The molecule has 1 saturated heterocycles. The zero-order valence-corrected chi connectivity index (χ0v) is 8.05. The van der Waals surface area contributed by atoms with Gasteiger partial charge >= 0.3 is 6.18 Å². The van der Waals surface area contributed by atoms with Gasteiger partial charge < -0.3 is 10.0 Å². The van der Waals surface area contributed by atoms with Crippen LogP contribution in [0, 0.1) is 5.41 Å². The van der Waals surface area contributed by atoms with Gasteiger partial charge in [0.15, 0.2) is 0 Å². The molecule has 15 heavy (non-hydrogen) atoms. The molecule has 2 aliphatic rings. The number of β-amino-alcohol motifs (C(OH)–C–C–N with tert-alkyl or cyclic N) is 1. The minimum Gasteiger partial charge on any atom is -0.391 e. The molecule has 1 aliphatic heterocycles. The molecule has 1 N–H and O–H groups in total. The van der Waals surface area contributed by atoms with E-state index in [-0.39, 0.29) is 18.5 Å². The number of hydrogen-bond donors (Lipinski definition) is 1. The number of alkyl halides is 3. The van der Waals surface area contributed by atoms with E-state index in [1.807, 2.05) is 0 Å². The van der Waals surface area contributed by atoms with Crippen LogP contribution in [0.1, 0.15) is 19.3 Å². The van der Waals surface area contributed by atoms with Crippen LogP contribution in [0.3, 0.4) is 0 Å². The van der Waals surface area contributed by atoms with Crippen molar-refractivity contribution in [2.45, 2.75) is 31.5 Å². The maximum atomic E-state index is 12.0. The van der Waals surface area contributed by atoms with E-state index < -0.39 is 24.6 Å². The molecule has 1 saturated carbocycles. The number of nitrogens with zero attached hydrogens (tertiary/aromatic N) is 1. The minimum atomic E-state index is -4.46. The van der Waals surface area contributed by atoms with Crippen molar-refractivity contribution in [3.05, 3.63) is 0 Å². The molecule has 0 aromatic rings. The number of halogens is 3. The SMILES string of the molecule is O=C(CC(F)(F)F)N1CC(O)C2(CC2)C1. The summed E-state index contributed by atoms with van der Waals surface area (Å²) in [4.78, 5) is 12.3. The highest BCUT2D eigenvalue weighted by molar-refractivity contribution is 5.77. The van der Waals surface area contributed by atoms with E-state index in [1.54, 1.807) is 0 Å². The van der Waals surface area contributed by atoms with E-state index in [4.69, 9.17) is 0 Å². The van der Waals surface area contributed by atoms with Crippen molar-refractivity contribution in [2.24, 2.45) is 5.41 Å². The summed E-state index contributed by atoms with van der Waals surface area (Å²) in [6, 6.07) is 0. The molecular formula is C9H12F3NO2. The summed E-state index contributed by atoms with van der Waals surface area (Å²) in [5, 5.41) is 9.56. The van der Waals surface area contributed by atoms with E-state index >= 15 is 0 Å². The summed E-state index contributed by atoms with van der Waals surface area (Å²) in [6.07, 6.45) is -4.90. The molecule has 2 fully saturated rings. The van der Waals surface area contributed by atoms with Gasteiger partial charge in [0.2, 0.25) is 5.91 Å². The third-order valence-corrected chi connectivity index (χ3v) is 3.20. The molecule has 86 valence electrons. The second-order valence-corrected chi connectivity index (χ2v) is 4.44. The smallest absolute Gasteiger partial charge is 0.391 e. The first kappa shape index (κ1) is 10.7. The Kier molecular flexibility index (Phi) is 2.22. The minimum absolute atomic E-state index is 0.0505. The second-order valence-electron chi connectivity index (χ2n) is 4.44.